The zero-order chi connectivity index (χ0) is 18.4. The molecule has 1 aliphatic heterocycles. The lowest BCUT2D eigenvalue weighted by atomic mass is 10.0. The highest BCUT2D eigenvalue weighted by atomic mass is 16.5. The van der Waals surface area contributed by atoms with E-state index in [0.29, 0.717) is 5.56 Å². The Bertz CT molecular complexity index is 771. The summed E-state index contributed by atoms with van der Waals surface area (Å²) in [6.45, 7) is 5.17. The normalized spacial score (nSPS) is 16.9. The number of carbonyl (C=O) groups is 1. The molecule has 2 aromatic carbocycles. The third-order valence-corrected chi connectivity index (χ3v) is 4.54. The van der Waals surface area contributed by atoms with Crippen LogP contribution >= 0.6 is 0 Å². The molecule has 1 amide bonds. The summed E-state index contributed by atoms with van der Waals surface area (Å²) in [7, 11) is 0. The maximum absolute atomic E-state index is 12.3. The van der Waals surface area contributed by atoms with E-state index in [1.807, 2.05) is 25.1 Å². The molecule has 1 atom stereocenters. The van der Waals surface area contributed by atoms with Gasteiger partial charge in [-0.15, -0.1) is 0 Å². The minimum atomic E-state index is -0.343. The fourth-order valence-corrected chi connectivity index (χ4v) is 3.26. The third-order valence-electron chi connectivity index (χ3n) is 4.54. The molecule has 3 rings (SSSR count). The number of hydrazone groups is 1. The Kier molecular flexibility index (Phi) is 5.99. The average molecular weight is 354 g/mol. The maximum Gasteiger partial charge on any atom is 0.271 e. The summed E-state index contributed by atoms with van der Waals surface area (Å²) in [5, 5.41) is 13.9. The van der Waals surface area contributed by atoms with Gasteiger partial charge in [-0.05, 0) is 25.1 Å². The summed E-state index contributed by atoms with van der Waals surface area (Å²) in [4.78, 5) is 13.7. The molecule has 2 aromatic rings. The van der Waals surface area contributed by atoms with Gasteiger partial charge in [0.1, 0.15) is 18.8 Å². The SMILES string of the molecule is C/C(=N/NC(=O)c1cccc(O)c1)[C@H](c1ccccc1)[NH+]1CCOCC1. The zero-order valence-electron chi connectivity index (χ0n) is 14.8. The van der Waals surface area contributed by atoms with Gasteiger partial charge in [0, 0.05) is 11.1 Å². The second-order valence-corrected chi connectivity index (χ2v) is 6.36. The minimum absolute atomic E-state index is 0.0540. The number of benzene rings is 2. The van der Waals surface area contributed by atoms with Crippen LogP contribution in [0.15, 0.2) is 59.7 Å². The predicted octanol–water partition coefficient (Wildman–Crippen LogP) is 1.15. The van der Waals surface area contributed by atoms with Gasteiger partial charge in [-0.1, -0.05) is 36.4 Å². The Labute approximate surface area is 153 Å². The topological polar surface area (TPSA) is 75.4 Å². The van der Waals surface area contributed by atoms with Gasteiger partial charge in [0.05, 0.1) is 18.9 Å². The van der Waals surface area contributed by atoms with Gasteiger partial charge in [-0.25, -0.2) is 5.43 Å². The second kappa shape index (κ2) is 8.60. The first kappa shape index (κ1) is 18.1. The first-order chi connectivity index (χ1) is 12.6. The first-order valence-electron chi connectivity index (χ1n) is 8.76. The molecule has 136 valence electrons. The van der Waals surface area contributed by atoms with E-state index in [1.165, 1.54) is 17.0 Å². The second-order valence-electron chi connectivity index (χ2n) is 6.36. The largest absolute Gasteiger partial charge is 0.508 e. The molecule has 3 N–H and O–H groups in total. The van der Waals surface area contributed by atoms with Crippen LogP contribution in [0, 0.1) is 0 Å². The maximum atomic E-state index is 12.3. The van der Waals surface area contributed by atoms with Crippen LogP contribution in [0.1, 0.15) is 28.9 Å². The monoisotopic (exact) mass is 354 g/mol. The number of nitrogens with one attached hydrogen (secondary N) is 2. The lowest BCUT2D eigenvalue weighted by molar-refractivity contribution is -0.928. The number of phenolic OH excluding ortho intramolecular Hbond substituents is 1. The van der Waals surface area contributed by atoms with Crippen LogP contribution in [0.2, 0.25) is 0 Å². The molecule has 6 nitrogen and oxygen atoms in total. The summed E-state index contributed by atoms with van der Waals surface area (Å²) in [5.41, 5.74) is 4.98. The Balaban J connectivity index is 1.79. The molecule has 1 fully saturated rings. The molecular weight excluding hydrogens is 330 g/mol. The summed E-state index contributed by atoms with van der Waals surface area (Å²) < 4.78 is 5.48. The molecule has 1 saturated heterocycles. The summed E-state index contributed by atoms with van der Waals surface area (Å²) in [5.74, 6) is -0.290. The quantitative estimate of drug-likeness (QED) is 0.557. The Morgan fingerprint density at radius 3 is 2.58 bits per heavy atom. The van der Waals surface area contributed by atoms with E-state index in [0.717, 1.165) is 37.6 Å². The molecule has 0 unspecified atom stereocenters. The summed E-state index contributed by atoms with van der Waals surface area (Å²) in [6.07, 6.45) is 0. The van der Waals surface area contributed by atoms with Crippen molar-refractivity contribution in [1.82, 2.24) is 5.43 Å². The Hall–Kier alpha value is -2.70. The van der Waals surface area contributed by atoms with Gasteiger partial charge < -0.3 is 14.7 Å². The number of amides is 1. The third kappa shape index (κ3) is 4.47. The Morgan fingerprint density at radius 1 is 1.15 bits per heavy atom. The fourth-order valence-electron chi connectivity index (χ4n) is 3.26. The van der Waals surface area contributed by atoms with Crippen LogP contribution in [0.4, 0.5) is 0 Å². The molecule has 1 heterocycles. The number of quaternary nitrogens is 1. The number of hydrogen-bond acceptors (Lipinski definition) is 4. The summed E-state index contributed by atoms with van der Waals surface area (Å²) >= 11 is 0. The highest BCUT2D eigenvalue weighted by Crippen LogP contribution is 2.13. The van der Waals surface area contributed by atoms with E-state index in [4.69, 9.17) is 4.74 Å². The van der Waals surface area contributed by atoms with Gasteiger partial charge in [0.2, 0.25) is 0 Å². The summed E-state index contributed by atoms with van der Waals surface area (Å²) in [6, 6.07) is 16.5. The highest BCUT2D eigenvalue weighted by Gasteiger charge is 2.29. The van der Waals surface area contributed by atoms with E-state index < -0.39 is 0 Å². The van der Waals surface area contributed by atoms with Crippen LogP contribution in [0.3, 0.4) is 0 Å². The number of ether oxygens (including phenoxy) is 1. The van der Waals surface area contributed by atoms with Crippen molar-refractivity contribution in [3.05, 3.63) is 65.7 Å². The zero-order valence-corrected chi connectivity index (χ0v) is 14.8. The molecule has 0 aromatic heterocycles. The molecule has 0 spiro atoms. The van der Waals surface area contributed by atoms with Crippen LogP contribution in [-0.4, -0.2) is 43.0 Å². The van der Waals surface area contributed by atoms with Crippen molar-refractivity contribution in [2.75, 3.05) is 26.3 Å². The molecule has 0 aliphatic carbocycles. The van der Waals surface area contributed by atoms with Crippen molar-refractivity contribution in [3.63, 3.8) is 0 Å². The van der Waals surface area contributed by atoms with Gasteiger partial charge >= 0.3 is 0 Å². The van der Waals surface area contributed by atoms with Crippen molar-refractivity contribution < 1.29 is 19.5 Å². The van der Waals surface area contributed by atoms with E-state index in [-0.39, 0.29) is 17.7 Å². The van der Waals surface area contributed by atoms with E-state index in [1.54, 1.807) is 12.1 Å². The van der Waals surface area contributed by atoms with Crippen molar-refractivity contribution in [2.24, 2.45) is 5.10 Å². The molecule has 0 bridgehead atoms. The lowest BCUT2D eigenvalue weighted by Crippen LogP contribution is -3.15. The number of morpholine rings is 1. The number of nitrogens with zero attached hydrogens (tertiary/aromatic N) is 1. The van der Waals surface area contributed by atoms with Crippen molar-refractivity contribution in [3.8, 4) is 5.75 Å². The average Bonchev–Trinajstić information content (AvgIpc) is 2.68. The highest BCUT2D eigenvalue weighted by molar-refractivity contribution is 5.96. The van der Waals surface area contributed by atoms with Crippen LogP contribution in [0.5, 0.6) is 5.75 Å². The van der Waals surface area contributed by atoms with E-state index in [9.17, 15) is 9.90 Å². The van der Waals surface area contributed by atoms with Gasteiger partial charge in [-0.3, -0.25) is 4.79 Å². The minimum Gasteiger partial charge on any atom is -0.508 e. The van der Waals surface area contributed by atoms with Crippen LogP contribution in [0.25, 0.3) is 0 Å². The first-order valence-corrected chi connectivity index (χ1v) is 8.76. The number of carbonyl (C=O) groups excluding carboxylic acids is 1. The van der Waals surface area contributed by atoms with Crippen molar-refractivity contribution >= 4 is 11.6 Å². The van der Waals surface area contributed by atoms with Gasteiger partial charge in [0.25, 0.3) is 5.91 Å². The Morgan fingerprint density at radius 2 is 1.88 bits per heavy atom. The van der Waals surface area contributed by atoms with Gasteiger partial charge in [-0.2, -0.15) is 5.10 Å². The predicted molar refractivity (Wildman–Crippen MR) is 99.4 cm³/mol. The smallest absolute Gasteiger partial charge is 0.271 e. The van der Waals surface area contributed by atoms with Crippen molar-refractivity contribution in [1.29, 1.82) is 0 Å². The lowest BCUT2D eigenvalue weighted by Gasteiger charge is -2.31. The van der Waals surface area contributed by atoms with Gasteiger partial charge in [0.15, 0.2) is 6.04 Å². The van der Waals surface area contributed by atoms with Crippen molar-refractivity contribution in [2.45, 2.75) is 13.0 Å². The number of aromatic hydroxyl groups is 1. The molecular formula is C20H24N3O3+. The fraction of sp³-hybridized carbons (Fsp3) is 0.300. The molecule has 26 heavy (non-hydrogen) atoms. The number of rotatable bonds is 5. The molecule has 1 aliphatic rings. The molecule has 0 radical (unpaired) electrons. The standard InChI is InChI=1S/C20H23N3O3/c1-15(21-22-20(25)17-8-5-9-18(24)14-17)19(16-6-3-2-4-7-16)23-10-12-26-13-11-23/h2-9,14,19,24H,10-13H2,1H3,(H,22,25)/p+1/b21-15-/t19-/m1/s1. The molecule has 0 saturated carbocycles. The number of phenols is 1. The van der Waals surface area contributed by atoms with E-state index in [2.05, 4.69) is 22.7 Å². The van der Waals surface area contributed by atoms with Crippen LogP contribution < -0.4 is 10.3 Å². The number of hydrogen-bond donors (Lipinski definition) is 3. The van der Waals surface area contributed by atoms with Crippen LogP contribution in [-0.2, 0) is 4.74 Å². The molecule has 6 heteroatoms. The van der Waals surface area contributed by atoms with E-state index >= 15 is 0 Å².